The lowest BCUT2D eigenvalue weighted by atomic mass is 9.78. The second kappa shape index (κ2) is 5.25. The maximum absolute atomic E-state index is 13.3. The molecule has 0 spiro atoms. The Morgan fingerprint density at radius 1 is 1.30 bits per heavy atom. The predicted octanol–water partition coefficient (Wildman–Crippen LogP) is 3.60. The summed E-state index contributed by atoms with van der Waals surface area (Å²) in [6.45, 7) is 2.17. The molecule has 0 aliphatic heterocycles. The molecule has 0 bridgehead atoms. The number of ether oxygens (including phenoxy) is 1. The van der Waals surface area contributed by atoms with Crippen LogP contribution in [0.25, 0.3) is 0 Å². The Morgan fingerprint density at radius 3 is 2.85 bits per heavy atom. The molecule has 1 aliphatic rings. The van der Waals surface area contributed by atoms with Crippen molar-refractivity contribution in [1.82, 2.24) is 0 Å². The molecule has 0 amide bonds. The van der Waals surface area contributed by atoms with Crippen molar-refractivity contribution in [3.05, 3.63) is 65.0 Å². The molecule has 0 radical (unpaired) electrons. The summed E-state index contributed by atoms with van der Waals surface area (Å²) in [5.74, 6) is 0.444. The van der Waals surface area contributed by atoms with Crippen LogP contribution in [0.15, 0.2) is 42.5 Å². The van der Waals surface area contributed by atoms with Gasteiger partial charge in [-0.25, -0.2) is 4.39 Å². The van der Waals surface area contributed by atoms with E-state index < -0.39 is 6.10 Å². The van der Waals surface area contributed by atoms with Gasteiger partial charge in [-0.15, -0.1) is 0 Å². The molecule has 2 aromatic carbocycles. The highest BCUT2D eigenvalue weighted by Gasteiger charge is 2.26. The summed E-state index contributed by atoms with van der Waals surface area (Å²) < 4.78 is 19.0. The zero-order valence-corrected chi connectivity index (χ0v) is 11.3. The molecule has 0 heterocycles. The Bertz CT molecular complexity index is 622. The number of aliphatic hydroxyl groups excluding tert-OH is 1. The minimum absolute atomic E-state index is 0.349. The van der Waals surface area contributed by atoms with Gasteiger partial charge in [0.25, 0.3) is 0 Å². The number of aliphatic hydroxyl groups is 1. The molecule has 0 saturated heterocycles. The highest BCUT2D eigenvalue weighted by Crippen LogP contribution is 2.36. The number of fused-ring (bicyclic) bond motifs is 1. The molecule has 20 heavy (non-hydrogen) atoms. The van der Waals surface area contributed by atoms with E-state index in [4.69, 9.17) is 4.74 Å². The predicted molar refractivity (Wildman–Crippen MR) is 75.4 cm³/mol. The number of benzene rings is 2. The van der Waals surface area contributed by atoms with Gasteiger partial charge in [-0.3, -0.25) is 0 Å². The van der Waals surface area contributed by atoms with E-state index >= 15 is 0 Å². The number of rotatable bonds is 4. The lowest BCUT2D eigenvalue weighted by Crippen LogP contribution is -2.23. The van der Waals surface area contributed by atoms with Gasteiger partial charge in [-0.05, 0) is 36.6 Å². The Labute approximate surface area is 117 Å². The summed E-state index contributed by atoms with van der Waals surface area (Å²) in [5, 5.41) is 9.69. The summed E-state index contributed by atoms with van der Waals surface area (Å²) in [6.07, 6.45) is 0.328. The average molecular weight is 272 g/mol. The fraction of sp³-hybridized carbons (Fsp3) is 0.294. The van der Waals surface area contributed by atoms with E-state index in [1.807, 2.05) is 12.1 Å². The van der Waals surface area contributed by atoms with E-state index in [2.05, 4.69) is 12.1 Å². The van der Waals surface area contributed by atoms with Crippen LogP contribution < -0.4 is 4.74 Å². The van der Waals surface area contributed by atoms with Crippen LogP contribution in [0.4, 0.5) is 4.39 Å². The Hall–Kier alpha value is -1.87. The van der Waals surface area contributed by atoms with Gasteiger partial charge in [-0.2, -0.15) is 0 Å². The van der Waals surface area contributed by atoms with E-state index in [9.17, 15) is 9.50 Å². The van der Waals surface area contributed by atoms with Crippen LogP contribution >= 0.6 is 0 Å². The van der Waals surface area contributed by atoms with Gasteiger partial charge in [0.05, 0.1) is 12.7 Å². The molecule has 2 aromatic rings. The fourth-order valence-electron chi connectivity index (χ4n) is 2.68. The van der Waals surface area contributed by atoms with Gasteiger partial charge in [0, 0.05) is 17.5 Å². The van der Waals surface area contributed by atoms with Gasteiger partial charge < -0.3 is 9.84 Å². The number of hydrogen-bond donors (Lipinski definition) is 1. The third kappa shape index (κ3) is 2.41. The third-order valence-corrected chi connectivity index (χ3v) is 3.83. The first-order valence-corrected chi connectivity index (χ1v) is 6.83. The molecule has 2 atom stereocenters. The Kier molecular flexibility index (Phi) is 3.45. The lowest BCUT2D eigenvalue weighted by Gasteiger charge is -2.30. The quantitative estimate of drug-likeness (QED) is 0.921. The monoisotopic (exact) mass is 272 g/mol. The van der Waals surface area contributed by atoms with Crippen LogP contribution in [0.3, 0.4) is 0 Å². The minimum atomic E-state index is -0.667. The maximum Gasteiger partial charge on any atom is 0.128 e. The first-order chi connectivity index (χ1) is 9.65. The highest BCUT2D eigenvalue weighted by molar-refractivity contribution is 5.41. The summed E-state index contributed by atoms with van der Waals surface area (Å²) in [5.41, 5.74) is 3.29. The standard InChI is InChI=1S/C17H17FO2/c1-11(19)15-7-6-14(18)9-17(15)20-10-13-8-12-4-2-3-5-16(12)13/h2-7,9,11,13,19H,8,10H2,1H3. The van der Waals surface area contributed by atoms with Gasteiger partial charge in [0.15, 0.2) is 0 Å². The van der Waals surface area contributed by atoms with Crippen LogP contribution in [0, 0.1) is 5.82 Å². The fourth-order valence-corrected chi connectivity index (χ4v) is 2.68. The van der Waals surface area contributed by atoms with Gasteiger partial charge in [0.1, 0.15) is 11.6 Å². The lowest BCUT2D eigenvalue weighted by molar-refractivity contribution is 0.188. The zero-order valence-electron chi connectivity index (χ0n) is 11.3. The van der Waals surface area contributed by atoms with Crippen molar-refractivity contribution in [3.63, 3.8) is 0 Å². The molecule has 104 valence electrons. The van der Waals surface area contributed by atoms with Gasteiger partial charge in [-0.1, -0.05) is 24.3 Å². The van der Waals surface area contributed by atoms with Crippen molar-refractivity contribution in [2.24, 2.45) is 0 Å². The summed E-state index contributed by atoms with van der Waals surface area (Å²) in [7, 11) is 0. The summed E-state index contributed by atoms with van der Waals surface area (Å²) >= 11 is 0. The number of hydrogen-bond acceptors (Lipinski definition) is 2. The van der Waals surface area contributed by atoms with Crippen LogP contribution in [-0.2, 0) is 6.42 Å². The third-order valence-electron chi connectivity index (χ3n) is 3.83. The molecule has 0 saturated carbocycles. The summed E-state index contributed by atoms with van der Waals surface area (Å²) in [4.78, 5) is 0. The molecule has 2 nitrogen and oxygen atoms in total. The highest BCUT2D eigenvalue weighted by atomic mass is 19.1. The average Bonchev–Trinajstić information content (AvgIpc) is 2.39. The van der Waals surface area contributed by atoms with E-state index in [1.54, 1.807) is 13.0 Å². The SMILES string of the molecule is CC(O)c1ccc(F)cc1OCC1Cc2ccccc21. The van der Waals surface area contributed by atoms with E-state index in [1.165, 1.54) is 23.3 Å². The molecule has 1 aliphatic carbocycles. The van der Waals surface area contributed by atoms with Gasteiger partial charge in [0.2, 0.25) is 0 Å². The smallest absolute Gasteiger partial charge is 0.128 e. The van der Waals surface area contributed by atoms with Crippen LogP contribution in [0.2, 0.25) is 0 Å². The van der Waals surface area contributed by atoms with E-state index in [0.717, 1.165) is 6.42 Å². The molecular weight excluding hydrogens is 255 g/mol. The van der Waals surface area contributed by atoms with E-state index in [0.29, 0.717) is 23.8 Å². The van der Waals surface area contributed by atoms with Crippen molar-refractivity contribution in [2.45, 2.75) is 25.4 Å². The second-order valence-corrected chi connectivity index (χ2v) is 5.27. The van der Waals surface area contributed by atoms with Crippen molar-refractivity contribution >= 4 is 0 Å². The first-order valence-electron chi connectivity index (χ1n) is 6.83. The molecule has 3 rings (SSSR count). The summed E-state index contributed by atoms with van der Waals surface area (Å²) in [6, 6.07) is 12.5. The topological polar surface area (TPSA) is 29.5 Å². The van der Waals surface area contributed by atoms with Crippen molar-refractivity contribution in [3.8, 4) is 5.75 Å². The van der Waals surface area contributed by atoms with Crippen molar-refractivity contribution in [2.75, 3.05) is 6.61 Å². The number of halogens is 1. The zero-order chi connectivity index (χ0) is 14.1. The van der Waals surface area contributed by atoms with Crippen LogP contribution in [-0.4, -0.2) is 11.7 Å². The molecule has 0 fully saturated rings. The van der Waals surface area contributed by atoms with Crippen LogP contribution in [0.5, 0.6) is 5.75 Å². The molecular formula is C17H17FO2. The molecule has 1 N–H and O–H groups in total. The molecule has 2 unspecified atom stereocenters. The van der Waals surface area contributed by atoms with Crippen LogP contribution in [0.1, 0.15) is 35.6 Å². The minimum Gasteiger partial charge on any atom is -0.492 e. The largest absolute Gasteiger partial charge is 0.492 e. The van der Waals surface area contributed by atoms with E-state index in [-0.39, 0.29) is 5.82 Å². The molecule has 3 heteroatoms. The maximum atomic E-state index is 13.3. The van der Waals surface area contributed by atoms with Crippen molar-refractivity contribution in [1.29, 1.82) is 0 Å². The Morgan fingerprint density at radius 2 is 2.10 bits per heavy atom. The Balaban J connectivity index is 1.72. The van der Waals surface area contributed by atoms with Crippen molar-refractivity contribution < 1.29 is 14.2 Å². The first kappa shape index (κ1) is 13.1. The molecule has 0 aromatic heterocycles. The van der Waals surface area contributed by atoms with Gasteiger partial charge >= 0.3 is 0 Å². The second-order valence-electron chi connectivity index (χ2n) is 5.27. The normalized spacial score (nSPS) is 18.1.